The predicted octanol–water partition coefficient (Wildman–Crippen LogP) is 1.27. The van der Waals surface area contributed by atoms with Crippen LogP contribution in [0.4, 0.5) is 0 Å². The number of nitrogens with one attached hydrogen (secondary N) is 1. The molecule has 5 heteroatoms. The van der Waals surface area contributed by atoms with Crippen LogP contribution in [0.1, 0.15) is 37.8 Å². The SMILES string of the molecule is O=C(Cc1ccon1)NC[C@@H](O)C1CCCCC1. The van der Waals surface area contributed by atoms with E-state index in [0.717, 1.165) is 12.8 Å². The van der Waals surface area contributed by atoms with E-state index in [-0.39, 0.29) is 12.3 Å². The highest BCUT2D eigenvalue weighted by atomic mass is 16.5. The summed E-state index contributed by atoms with van der Waals surface area (Å²) in [5.41, 5.74) is 0.611. The maximum atomic E-state index is 11.6. The molecule has 1 heterocycles. The van der Waals surface area contributed by atoms with Gasteiger partial charge < -0.3 is 14.9 Å². The van der Waals surface area contributed by atoms with Crippen LogP contribution in [0.3, 0.4) is 0 Å². The molecule has 1 saturated carbocycles. The summed E-state index contributed by atoms with van der Waals surface area (Å²) in [5, 5.41) is 16.4. The third-order valence-corrected chi connectivity index (χ3v) is 3.54. The molecule has 1 aromatic heterocycles. The molecule has 18 heavy (non-hydrogen) atoms. The fourth-order valence-corrected chi connectivity index (χ4v) is 2.46. The van der Waals surface area contributed by atoms with Crippen molar-refractivity contribution in [2.45, 2.75) is 44.6 Å². The van der Waals surface area contributed by atoms with Gasteiger partial charge in [-0.3, -0.25) is 4.79 Å². The maximum absolute atomic E-state index is 11.6. The van der Waals surface area contributed by atoms with Gasteiger partial charge in [-0.05, 0) is 18.8 Å². The van der Waals surface area contributed by atoms with Crippen LogP contribution >= 0.6 is 0 Å². The molecule has 0 aliphatic heterocycles. The minimum atomic E-state index is -0.424. The maximum Gasteiger partial charge on any atom is 0.226 e. The third kappa shape index (κ3) is 3.84. The second-order valence-electron chi connectivity index (χ2n) is 4.94. The minimum absolute atomic E-state index is 0.126. The number of aliphatic hydroxyl groups excluding tert-OH is 1. The Hall–Kier alpha value is -1.36. The summed E-state index contributed by atoms with van der Waals surface area (Å²) in [6, 6.07) is 1.66. The molecule has 1 aliphatic carbocycles. The van der Waals surface area contributed by atoms with Crippen molar-refractivity contribution in [3.05, 3.63) is 18.0 Å². The molecular formula is C13H20N2O3. The molecule has 0 spiro atoms. The molecule has 0 bridgehead atoms. The van der Waals surface area contributed by atoms with Crippen LogP contribution in [0.15, 0.2) is 16.9 Å². The number of hydrogen-bond acceptors (Lipinski definition) is 4. The first-order chi connectivity index (χ1) is 8.75. The fraction of sp³-hybridized carbons (Fsp3) is 0.692. The highest BCUT2D eigenvalue weighted by Gasteiger charge is 2.21. The number of rotatable bonds is 5. The summed E-state index contributed by atoms with van der Waals surface area (Å²) in [6.07, 6.45) is 7.01. The largest absolute Gasteiger partial charge is 0.391 e. The van der Waals surface area contributed by atoms with Gasteiger partial charge in [0.15, 0.2) is 0 Å². The van der Waals surface area contributed by atoms with Gasteiger partial charge in [0.05, 0.1) is 18.2 Å². The molecule has 1 aromatic rings. The smallest absolute Gasteiger partial charge is 0.226 e. The van der Waals surface area contributed by atoms with Gasteiger partial charge in [0.1, 0.15) is 6.26 Å². The number of amides is 1. The van der Waals surface area contributed by atoms with Crippen LogP contribution in [0, 0.1) is 5.92 Å². The lowest BCUT2D eigenvalue weighted by atomic mass is 9.85. The Bertz CT molecular complexity index is 358. The first-order valence-electron chi connectivity index (χ1n) is 6.59. The minimum Gasteiger partial charge on any atom is -0.391 e. The Morgan fingerprint density at radius 2 is 2.28 bits per heavy atom. The quantitative estimate of drug-likeness (QED) is 0.827. The van der Waals surface area contributed by atoms with Crippen LogP contribution < -0.4 is 5.32 Å². The number of aromatic nitrogens is 1. The average Bonchev–Trinajstić information content (AvgIpc) is 2.90. The van der Waals surface area contributed by atoms with Crippen LogP contribution in [0.2, 0.25) is 0 Å². The zero-order valence-electron chi connectivity index (χ0n) is 10.5. The van der Waals surface area contributed by atoms with E-state index in [2.05, 4.69) is 15.0 Å². The molecule has 1 aliphatic rings. The molecule has 0 saturated heterocycles. The molecule has 0 unspecified atom stereocenters. The van der Waals surface area contributed by atoms with Gasteiger partial charge in [-0.2, -0.15) is 0 Å². The summed E-state index contributed by atoms with van der Waals surface area (Å²) in [6.45, 7) is 0.335. The summed E-state index contributed by atoms with van der Waals surface area (Å²) in [7, 11) is 0. The summed E-state index contributed by atoms with van der Waals surface area (Å²) < 4.78 is 4.66. The van der Waals surface area contributed by atoms with Gasteiger partial charge in [-0.25, -0.2) is 0 Å². The van der Waals surface area contributed by atoms with E-state index in [4.69, 9.17) is 0 Å². The van der Waals surface area contributed by atoms with Gasteiger partial charge in [0.25, 0.3) is 0 Å². The Morgan fingerprint density at radius 3 is 2.94 bits per heavy atom. The van der Waals surface area contributed by atoms with Gasteiger partial charge in [0, 0.05) is 12.6 Å². The number of nitrogens with zero attached hydrogens (tertiary/aromatic N) is 1. The van der Waals surface area contributed by atoms with E-state index in [1.807, 2.05) is 0 Å². The number of carbonyl (C=O) groups excluding carboxylic acids is 1. The monoisotopic (exact) mass is 252 g/mol. The predicted molar refractivity (Wildman–Crippen MR) is 65.8 cm³/mol. The number of hydrogen-bond donors (Lipinski definition) is 2. The van der Waals surface area contributed by atoms with Crippen LogP contribution in [0.25, 0.3) is 0 Å². The van der Waals surface area contributed by atoms with Crippen LogP contribution in [-0.2, 0) is 11.2 Å². The Morgan fingerprint density at radius 1 is 1.50 bits per heavy atom. The standard InChI is InChI=1S/C13H20N2O3/c16-12(10-4-2-1-3-5-10)9-14-13(17)8-11-6-7-18-15-11/h6-7,10,12,16H,1-5,8-9H2,(H,14,17)/t12-/m1/s1. The fourth-order valence-electron chi connectivity index (χ4n) is 2.46. The lowest BCUT2D eigenvalue weighted by Crippen LogP contribution is -2.37. The zero-order chi connectivity index (χ0) is 12.8. The Labute approximate surface area is 107 Å². The zero-order valence-corrected chi connectivity index (χ0v) is 10.5. The number of aliphatic hydroxyl groups is 1. The van der Waals surface area contributed by atoms with Gasteiger partial charge >= 0.3 is 0 Å². The van der Waals surface area contributed by atoms with E-state index in [1.165, 1.54) is 25.5 Å². The normalized spacial score (nSPS) is 18.5. The van der Waals surface area contributed by atoms with Crippen molar-refractivity contribution in [3.8, 4) is 0 Å². The van der Waals surface area contributed by atoms with Crippen molar-refractivity contribution < 1.29 is 14.4 Å². The molecule has 2 N–H and O–H groups in total. The summed E-state index contributed by atoms with van der Waals surface area (Å²) >= 11 is 0. The molecule has 1 atom stereocenters. The van der Waals surface area contributed by atoms with E-state index < -0.39 is 6.10 Å². The van der Waals surface area contributed by atoms with Crippen molar-refractivity contribution in [2.75, 3.05) is 6.54 Å². The molecule has 100 valence electrons. The van der Waals surface area contributed by atoms with Crippen molar-refractivity contribution in [2.24, 2.45) is 5.92 Å². The molecule has 5 nitrogen and oxygen atoms in total. The van der Waals surface area contributed by atoms with Gasteiger partial charge in [-0.15, -0.1) is 0 Å². The van der Waals surface area contributed by atoms with Crippen molar-refractivity contribution in [1.82, 2.24) is 10.5 Å². The van der Waals surface area contributed by atoms with E-state index in [1.54, 1.807) is 6.07 Å². The van der Waals surface area contributed by atoms with E-state index >= 15 is 0 Å². The molecule has 1 amide bonds. The van der Waals surface area contributed by atoms with Gasteiger partial charge in [0.2, 0.25) is 5.91 Å². The second kappa shape index (κ2) is 6.54. The molecule has 1 fully saturated rings. The summed E-state index contributed by atoms with van der Waals surface area (Å²) in [4.78, 5) is 11.6. The topological polar surface area (TPSA) is 75.4 Å². The molecule has 0 aromatic carbocycles. The van der Waals surface area contributed by atoms with Crippen molar-refractivity contribution in [3.63, 3.8) is 0 Å². The Balaban J connectivity index is 1.68. The van der Waals surface area contributed by atoms with E-state index in [0.29, 0.717) is 18.2 Å². The molecular weight excluding hydrogens is 232 g/mol. The second-order valence-corrected chi connectivity index (χ2v) is 4.94. The molecule has 0 radical (unpaired) electrons. The van der Waals surface area contributed by atoms with Crippen molar-refractivity contribution >= 4 is 5.91 Å². The van der Waals surface area contributed by atoms with E-state index in [9.17, 15) is 9.90 Å². The first-order valence-corrected chi connectivity index (χ1v) is 6.59. The lowest BCUT2D eigenvalue weighted by molar-refractivity contribution is -0.121. The molecule has 2 rings (SSSR count). The Kier molecular flexibility index (Phi) is 4.75. The average molecular weight is 252 g/mol. The van der Waals surface area contributed by atoms with Crippen LogP contribution in [0.5, 0.6) is 0 Å². The lowest BCUT2D eigenvalue weighted by Gasteiger charge is -2.26. The number of carbonyl (C=O) groups is 1. The first kappa shape index (κ1) is 13.1. The van der Waals surface area contributed by atoms with Crippen LogP contribution in [-0.4, -0.2) is 28.8 Å². The summed E-state index contributed by atoms with van der Waals surface area (Å²) in [5.74, 6) is 0.213. The highest BCUT2D eigenvalue weighted by molar-refractivity contribution is 5.78. The van der Waals surface area contributed by atoms with Crippen molar-refractivity contribution in [1.29, 1.82) is 0 Å². The third-order valence-electron chi connectivity index (χ3n) is 3.54. The highest BCUT2D eigenvalue weighted by Crippen LogP contribution is 2.26. The van der Waals surface area contributed by atoms with Gasteiger partial charge in [-0.1, -0.05) is 24.4 Å².